The molecular weight excluding hydrogens is 456 g/mol. The lowest BCUT2D eigenvalue weighted by Crippen LogP contribution is -2.20. The zero-order valence-corrected chi connectivity index (χ0v) is 19.6. The average Bonchev–Trinajstić information content (AvgIpc) is 3.18. The van der Waals surface area contributed by atoms with Crippen LogP contribution in [0.4, 0.5) is 0 Å². The Kier molecular flexibility index (Phi) is 7.65. The molecule has 0 aliphatic rings. The smallest absolute Gasteiger partial charge is 0.250 e. The van der Waals surface area contributed by atoms with Gasteiger partial charge in [0.25, 0.3) is 5.91 Å². The fourth-order valence-electron chi connectivity index (χ4n) is 3.27. The molecule has 3 aromatic carbocycles. The molecule has 0 saturated heterocycles. The van der Waals surface area contributed by atoms with Crippen molar-refractivity contribution in [2.75, 3.05) is 12.4 Å². The van der Waals surface area contributed by atoms with Crippen LogP contribution in [0, 0.1) is 0 Å². The molecule has 8 heteroatoms. The zero-order chi connectivity index (χ0) is 23.0. The van der Waals surface area contributed by atoms with Gasteiger partial charge in [-0.15, -0.1) is 0 Å². The van der Waals surface area contributed by atoms with E-state index in [1.54, 1.807) is 6.21 Å². The fourth-order valence-corrected chi connectivity index (χ4v) is 4.27. The highest BCUT2D eigenvalue weighted by Gasteiger charge is 2.14. The lowest BCUT2D eigenvalue weighted by Gasteiger charge is -2.10. The number of rotatable bonds is 9. The maximum Gasteiger partial charge on any atom is 0.250 e. The lowest BCUT2D eigenvalue weighted by atomic mass is 10.2. The molecule has 1 aromatic heterocycles. The normalized spacial score (nSPS) is 11.2. The summed E-state index contributed by atoms with van der Waals surface area (Å²) >= 11 is 7.74. The molecule has 0 bridgehead atoms. The summed E-state index contributed by atoms with van der Waals surface area (Å²) in [6.07, 6.45) is 1.60. The van der Waals surface area contributed by atoms with Gasteiger partial charge in [0.05, 0.1) is 36.2 Å². The number of benzene rings is 3. The number of halogens is 1. The largest absolute Gasteiger partial charge is 0.494 e. The number of ether oxygens (including phenoxy) is 1. The van der Waals surface area contributed by atoms with Crippen molar-refractivity contribution in [3.63, 3.8) is 0 Å². The monoisotopic (exact) mass is 478 g/mol. The number of thioether (sulfide) groups is 1. The zero-order valence-electron chi connectivity index (χ0n) is 18.1. The van der Waals surface area contributed by atoms with Gasteiger partial charge in [0.1, 0.15) is 5.75 Å². The second-order valence-corrected chi connectivity index (χ2v) is 8.49. The van der Waals surface area contributed by atoms with E-state index in [2.05, 4.69) is 15.1 Å². The second kappa shape index (κ2) is 11.0. The number of fused-ring (bicyclic) bond motifs is 1. The summed E-state index contributed by atoms with van der Waals surface area (Å²) in [4.78, 5) is 17.1. The fraction of sp³-hybridized carbons (Fsp3) is 0.160. The molecule has 0 aliphatic heterocycles. The van der Waals surface area contributed by atoms with Gasteiger partial charge < -0.3 is 9.30 Å². The minimum atomic E-state index is -0.210. The van der Waals surface area contributed by atoms with Crippen molar-refractivity contribution in [1.82, 2.24) is 15.0 Å². The van der Waals surface area contributed by atoms with Gasteiger partial charge in [-0.1, -0.05) is 53.7 Å². The Bertz CT molecular complexity index is 1270. The van der Waals surface area contributed by atoms with E-state index in [4.69, 9.17) is 21.3 Å². The molecule has 6 nitrogen and oxygen atoms in total. The van der Waals surface area contributed by atoms with Crippen molar-refractivity contribution in [1.29, 1.82) is 0 Å². The highest BCUT2D eigenvalue weighted by molar-refractivity contribution is 7.99. The number of amides is 1. The average molecular weight is 479 g/mol. The molecule has 4 aromatic rings. The van der Waals surface area contributed by atoms with Gasteiger partial charge in [-0.2, -0.15) is 5.10 Å². The molecule has 0 saturated carbocycles. The molecule has 1 N–H and O–H groups in total. The van der Waals surface area contributed by atoms with Crippen molar-refractivity contribution in [2.45, 2.75) is 18.6 Å². The van der Waals surface area contributed by atoms with Crippen molar-refractivity contribution in [3.05, 3.63) is 88.9 Å². The molecule has 0 atom stereocenters. The molecule has 1 amide bonds. The minimum Gasteiger partial charge on any atom is -0.494 e. The second-order valence-electron chi connectivity index (χ2n) is 7.14. The molecule has 0 aliphatic carbocycles. The van der Waals surface area contributed by atoms with Crippen molar-refractivity contribution < 1.29 is 9.53 Å². The first kappa shape index (κ1) is 22.9. The summed E-state index contributed by atoms with van der Waals surface area (Å²) in [5, 5.41) is 5.50. The molecule has 0 fully saturated rings. The Labute approximate surface area is 201 Å². The minimum absolute atomic E-state index is 0.187. The van der Waals surface area contributed by atoms with Gasteiger partial charge >= 0.3 is 0 Å². The van der Waals surface area contributed by atoms with Gasteiger partial charge in [-0.05, 0) is 60.5 Å². The molecule has 168 valence electrons. The van der Waals surface area contributed by atoms with E-state index in [1.165, 1.54) is 11.8 Å². The summed E-state index contributed by atoms with van der Waals surface area (Å²) in [5.41, 5.74) is 6.31. The van der Waals surface area contributed by atoms with Crippen LogP contribution in [-0.4, -0.2) is 34.0 Å². The molecule has 33 heavy (non-hydrogen) atoms. The number of nitrogens with zero attached hydrogens (tertiary/aromatic N) is 3. The Morgan fingerprint density at radius 3 is 2.67 bits per heavy atom. The Hall–Kier alpha value is -3.29. The highest BCUT2D eigenvalue weighted by atomic mass is 35.5. The molecule has 4 rings (SSSR count). The third-order valence-corrected chi connectivity index (χ3v) is 6.18. The summed E-state index contributed by atoms with van der Waals surface area (Å²) in [6.45, 7) is 3.13. The number of hydrogen-bond donors (Lipinski definition) is 1. The SMILES string of the molecule is CCOc1ccc(/C=N/NC(=O)CSc2nc3ccccc3n2Cc2ccccc2Cl)cc1. The topological polar surface area (TPSA) is 68.5 Å². The first-order chi connectivity index (χ1) is 16.1. The Morgan fingerprint density at radius 1 is 1.12 bits per heavy atom. The molecular formula is C25H23ClN4O2S. The van der Waals surface area contributed by atoms with Gasteiger partial charge in [-0.3, -0.25) is 4.79 Å². The number of hydrazone groups is 1. The van der Waals surface area contributed by atoms with Crippen molar-refractivity contribution >= 4 is 46.5 Å². The molecule has 0 unspecified atom stereocenters. The molecule has 1 heterocycles. The van der Waals surface area contributed by atoms with Gasteiger partial charge in [0, 0.05) is 5.02 Å². The van der Waals surface area contributed by atoms with E-state index in [0.717, 1.165) is 33.1 Å². The van der Waals surface area contributed by atoms with Crippen LogP contribution in [0.3, 0.4) is 0 Å². The standard InChI is InChI=1S/C25H23ClN4O2S/c1-2-32-20-13-11-18(12-14-20)15-27-29-24(31)17-33-25-28-22-9-5-6-10-23(22)30(25)16-19-7-3-4-8-21(19)26/h3-15H,2,16-17H2,1H3,(H,29,31)/b27-15+. The van der Waals surface area contributed by atoms with E-state index in [1.807, 2.05) is 79.7 Å². The van der Waals surface area contributed by atoms with Gasteiger partial charge in [0.15, 0.2) is 5.16 Å². The molecule has 0 radical (unpaired) electrons. The van der Waals surface area contributed by atoms with Crippen LogP contribution in [0.15, 0.2) is 83.1 Å². The van der Waals surface area contributed by atoms with Crippen LogP contribution >= 0.6 is 23.4 Å². The number of carbonyl (C=O) groups excluding carboxylic acids is 1. The van der Waals surface area contributed by atoms with Crippen molar-refractivity contribution in [2.24, 2.45) is 5.10 Å². The predicted molar refractivity (Wildman–Crippen MR) is 134 cm³/mol. The van der Waals surface area contributed by atoms with Crippen LogP contribution in [0.1, 0.15) is 18.1 Å². The summed E-state index contributed by atoms with van der Waals surface area (Å²) in [5.74, 6) is 0.778. The first-order valence-corrected chi connectivity index (χ1v) is 11.9. The van der Waals surface area contributed by atoms with Gasteiger partial charge in [0.2, 0.25) is 0 Å². The number of imidazole rings is 1. The van der Waals surface area contributed by atoms with Crippen LogP contribution in [0.2, 0.25) is 5.02 Å². The third-order valence-electron chi connectivity index (χ3n) is 4.83. The van der Waals surface area contributed by atoms with E-state index >= 15 is 0 Å². The van der Waals surface area contributed by atoms with Gasteiger partial charge in [-0.25, -0.2) is 10.4 Å². The Balaban J connectivity index is 1.41. The maximum absolute atomic E-state index is 12.4. The van der Waals surface area contributed by atoms with Crippen LogP contribution < -0.4 is 10.2 Å². The quantitative estimate of drug-likeness (QED) is 0.199. The number of nitrogens with one attached hydrogen (secondary N) is 1. The van der Waals surface area contributed by atoms with E-state index in [-0.39, 0.29) is 11.7 Å². The van der Waals surface area contributed by atoms with Crippen molar-refractivity contribution in [3.8, 4) is 5.75 Å². The third kappa shape index (κ3) is 5.94. The number of hydrogen-bond acceptors (Lipinski definition) is 5. The summed E-state index contributed by atoms with van der Waals surface area (Å²) < 4.78 is 7.50. The predicted octanol–water partition coefficient (Wildman–Crippen LogP) is 5.38. The van der Waals surface area contributed by atoms with E-state index < -0.39 is 0 Å². The van der Waals surface area contributed by atoms with Crippen LogP contribution in [0.5, 0.6) is 5.75 Å². The number of aromatic nitrogens is 2. The number of para-hydroxylation sites is 2. The highest BCUT2D eigenvalue weighted by Crippen LogP contribution is 2.27. The maximum atomic E-state index is 12.4. The lowest BCUT2D eigenvalue weighted by molar-refractivity contribution is -0.118. The summed E-state index contributed by atoms with van der Waals surface area (Å²) in [6, 6.07) is 23.1. The number of carbonyl (C=O) groups is 1. The summed E-state index contributed by atoms with van der Waals surface area (Å²) in [7, 11) is 0. The van der Waals surface area contributed by atoms with E-state index in [9.17, 15) is 4.79 Å². The first-order valence-electron chi connectivity index (χ1n) is 10.5. The Morgan fingerprint density at radius 2 is 1.88 bits per heavy atom. The van der Waals surface area contributed by atoms with E-state index in [0.29, 0.717) is 18.2 Å². The van der Waals surface area contributed by atoms with Crippen LogP contribution in [0.25, 0.3) is 11.0 Å². The molecule has 0 spiro atoms. The van der Waals surface area contributed by atoms with Crippen LogP contribution in [-0.2, 0) is 11.3 Å².